The van der Waals surface area contributed by atoms with Crippen LogP contribution >= 0.6 is 12.6 Å². The quantitative estimate of drug-likeness (QED) is 0.503. The van der Waals surface area contributed by atoms with Crippen LogP contribution in [0.4, 0.5) is 0 Å². The number of nitrogens with one attached hydrogen (secondary N) is 1. The summed E-state index contributed by atoms with van der Waals surface area (Å²) in [6, 6.07) is 5.90. The molecular weight excluding hydrogens is 321 g/mol. The zero-order valence-electron chi connectivity index (χ0n) is 14.4. The smallest absolute Gasteiger partial charge is 0.400 e. The number of carbonyl (C=O) groups is 1. The molecule has 1 aromatic heterocycles. The molecule has 2 aromatic rings. The summed E-state index contributed by atoms with van der Waals surface area (Å²) in [5, 5.41) is 0.906. The molecule has 2 heterocycles. The number of aromatic amines is 1. The number of rotatable bonds is 4. The minimum atomic E-state index is -0.443. The van der Waals surface area contributed by atoms with Gasteiger partial charge in [0, 0.05) is 28.4 Å². The molecule has 24 heavy (non-hydrogen) atoms. The zero-order chi connectivity index (χ0) is 17.5. The Balaban J connectivity index is 2.04. The summed E-state index contributed by atoms with van der Waals surface area (Å²) in [6.07, 6.45) is 4.60. The first-order chi connectivity index (χ1) is 11.3. The molecule has 1 fully saturated rings. The van der Waals surface area contributed by atoms with Crippen LogP contribution in [-0.4, -0.2) is 35.3 Å². The second-order valence-corrected chi connectivity index (χ2v) is 7.41. The molecule has 0 unspecified atom stereocenters. The lowest BCUT2D eigenvalue weighted by molar-refractivity contribution is 0.00578. The molecule has 0 amide bonds. The van der Waals surface area contributed by atoms with Gasteiger partial charge in [0.2, 0.25) is 0 Å². The Labute approximate surface area is 148 Å². The molecule has 1 aliphatic heterocycles. The van der Waals surface area contributed by atoms with Crippen molar-refractivity contribution >= 4 is 43.0 Å². The molecule has 0 saturated carbocycles. The Morgan fingerprint density at radius 1 is 1.21 bits per heavy atom. The minimum Gasteiger partial charge on any atom is -0.400 e. The summed E-state index contributed by atoms with van der Waals surface area (Å²) in [6.45, 7) is 8.11. The average Bonchev–Trinajstić information content (AvgIpc) is 3.03. The average molecular weight is 343 g/mol. The molecule has 126 valence electrons. The van der Waals surface area contributed by atoms with Crippen molar-refractivity contribution in [1.29, 1.82) is 0 Å². The molecule has 1 N–H and O–H groups in total. The number of thiol groups is 1. The van der Waals surface area contributed by atoms with E-state index in [-0.39, 0.29) is 0 Å². The van der Waals surface area contributed by atoms with Crippen LogP contribution in [0.1, 0.15) is 43.6 Å². The third-order valence-corrected chi connectivity index (χ3v) is 5.34. The first-order valence-electron chi connectivity index (χ1n) is 8.01. The summed E-state index contributed by atoms with van der Waals surface area (Å²) < 4.78 is 12.2. The Hall–Kier alpha value is -1.50. The third kappa shape index (κ3) is 2.83. The number of aromatic nitrogens is 1. The summed E-state index contributed by atoms with van der Waals surface area (Å²) in [5.41, 5.74) is 2.67. The third-order valence-electron chi connectivity index (χ3n) is 4.97. The van der Waals surface area contributed by atoms with Crippen LogP contribution in [0.3, 0.4) is 0 Å². The van der Waals surface area contributed by atoms with Crippen LogP contribution in [0.5, 0.6) is 0 Å². The highest BCUT2D eigenvalue weighted by atomic mass is 32.1. The topological polar surface area (TPSA) is 51.3 Å². The monoisotopic (exact) mass is 343 g/mol. The fourth-order valence-corrected chi connectivity index (χ4v) is 3.08. The van der Waals surface area contributed by atoms with Crippen LogP contribution in [0.25, 0.3) is 17.0 Å². The molecule has 4 nitrogen and oxygen atoms in total. The molecule has 3 rings (SSSR count). The molecule has 1 saturated heterocycles. The van der Waals surface area contributed by atoms with Gasteiger partial charge in [0.05, 0.1) is 11.2 Å². The highest BCUT2D eigenvalue weighted by Gasteiger charge is 2.52. The van der Waals surface area contributed by atoms with Crippen molar-refractivity contribution < 1.29 is 14.1 Å². The maximum absolute atomic E-state index is 11.3. The highest BCUT2D eigenvalue weighted by molar-refractivity contribution is 7.80. The van der Waals surface area contributed by atoms with Crippen molar-refractivity contribution in [3.05, 3.63) is 41.0 Å². The SMILES string of the molecule is CC1(C)OB(C(=Cc2cccc3[nH]cc(C=O)c23)CS)OC1(C)C. The summed E-state index contributed by atoms with van der Waals surface area (Å²) in [5.74, 6) is 0.508. The lowest BCUT2D eigenvalue weighted by Crippen LogP contribution is -2.41. The molecule has 0 aliphatic carbocycles. The Bertz CT molecular complexity index is 794. The number of hydrogen-bond donors (Lipinski definition) is 2. The van der Waals surface area contributed by atoms with Crippen LogP contribution in [0, 0.1) is 0 Å². The van der Waals surface area contributed by atoms with Crippen LogP contribution in [0.15, 0.2) is 29.9 Å². The molecule has 1 aromatic carbocycles. The van der Waals surface area contributed by atoms with Crippen molar-refractivity contribution in [1.82, 2.24) is 4.98 Å². The summed E-state index contributed by atoms with van der Waals surface area (Å²) >= 11 is 4.46. The van der Waals surface area contributed by atoms with Crippen LogP contribution < -0.4 is 0 Å². The van der Waals surface area contributed by atoms with Gasteiger partial charge in [-0.25, -0.2) is 0 Å². The van der Waals surface area contributed by atoms with Gasteiger partial charge in [0.1, 0.15) is 0 Å². The zero-order valence-corrected chi connectivity index (χ0v) is 15.3. The largest absolute Gasteiger partial charge is 0.491 e. The van der Waals surface area contributed by atoms with Gasteiger partial charge in [-0.2, -0.15) is 12.6 Å². The predicted octanol–water partition coefficient (Wildman–Crippen LogP) is 3.93. The van der Waals surface area contributed by atoms with Gasteiger partial charge in [-0.15, -0.1) is 0 Å². The summed E-state index contributed by atoms with van der Waals surface area (Å²) in [4.78, 5) is 14.4. The van der Waals surface area contributed by atoms with Gasteiger partial charge in [-0.1, -0.05) is 18.2 Å². The number of hydrogen-bond acceptors (Lipinski definition) is 4. The van der Waals surface area contributed by atoms with E-state index in [9.17, 15) is 4.79 Å². The van der Waals surface area contributed by atoms with E-state index < -0.39 is 18.3 Å². The van der Waals surface area contributed by atoms with Crippen molar-refractivity contribution in [2.75, 3.05) is 5.75 Å². The van der Waals surface area contributed by atoms with Gasteiger partial charge < -0.3 is 14.3 Å². The highest BCUT2D eigenvalue weighted by Crippen LogP contribution is 2.39. The Morgan fingerprint density at radius 2 is 1.88 bits per heavy atom. The van der Waals surface area contributed by atoms with E-state index in [1.165, 1.54) is 0 Å². The molecular formula is C18H22BNO3S. The molecule has 0 atom stereocenters. The first-order valence-corrected chi connectivity index (χ1v) is 8.64. The van der Waals surface area contributed by atoms with Crippen LogP contribution in [0.2, 0.25) is 0 Å². The number of carbonyl (C=O) groups excluding carboxylic acids is 1. The maximum atomic E-state index is 11.3. The fraction of sp³-hybridized carbons (Fsp3) is 0.389. The second-order valence-electron chi connectivity index (χ2n) is 7.10. The number of aldehydes is 1. The fourth-order valence-electron chi connectivity index (χ4n) is 2.84. The van der Waals surface area contributed by atoms with E-state index in [2.05, 4.69) is 17.6 Å². The molecule has 1 aliphatic rings. The van der Waals surface area contributed by atoms with Gasteiger partial charge in [0.15, 0.2) is 6.29 Å². The van der Waals surface area contributed by atoms with E-state index in [0.29, 0.717) is 11.3 Å². The summed E-state index contributed by atoms with van der Waals surface area (Å²) in [7, 11) is -0.443. The Kier molecular flexibility index (Phi) is 4.40. The van der Waals surface area contributed by atoms with Crippen molar-refractivity contribution in [2.24, 2.45) is 0 Å². The Morgan fingerprint density at radius 3 is 2.46 bits per heavy atom. The molecule has 6 heteroatoms. The predicted molar refractivity (Wildman–Crippen MR) is 102 cm³/mol. The van der Waals surface area contributed by atoms with Gasteiger partial charge in [0.25, 0.3) is 0 Å². The van der Waals surface area contributed by atoms with Crippen molar-refractivity contribution in [3.63, 3.8) is 0 Å². The number of benzene rings is 1. The van der Waals surface area contributed by atoms with E-state index in [1.54, 1.807) is 6.20 Å². The van der Waals surface area contributed by atoms with E-state index in [1.807, 2.05) is 52.0 Å². The number of H-pyrrole nitrogens is 1. The van der Waals surface area contributed by atoms with Crippen molar-refractivity contribution in [2.45, 2.75) is 38.9 Å². The normalized spacial score (nSPS) is 19.9. The standard InChI is InChI=1S/C18H22BNO3S/c1-17(2)18(3,4)23-19(22-17)14(11-24)8-12-6-5-7-15-16(12)13(10-21)9-20-15/h5-10,20,24H,11H2,1-4H3. The maximum Gasteiger partial charge on any atom is 0.491 e. The van der Waals surface area contributed by atoms with E-state index in [0.717, 1.165) is 28.2 Å². The number of fused-ring (bicyclic) bond motifs is 1. The van der Waals surface area contributed by atoms with E-state index in [4.69, 9.17) is 9.31 Å². The van der Waals surface area contributed by atoms with Gasteiger partial charge in [-0.3, -0.25) is 4.79 Å². The molecule has 0 spiro atoms. The van der Waals surface area contributed by atoms with E-state index >= 15 is 0 Å². The first kappa shape index (κ1) is 17.3. The van der Waals surface area contributed by atoms with Gasteiger partial charge >= 0.3 is 7.12 Å². The second kappa shape index (κ2) is 6.10. The lowest BCUT2D eigenvalue weighted by atomic mass is 9.78. The minimum absolute atomic E-state index is 0.395. The van der Waals surface area contributed by atoms with Gasteiger partial charge in [-0.05, 0) is 44.8 Å². The molecule has 0 bridgehead atoms. The van der Waals surface area contributed by atoms with Crippen molar-refractivity contribution in [3.8, 4) is 0 Å². The van der Waals surface area contributed by atoms with Crippen LogP contribution in [-0.2, 0) is 9.31 Å². The molecule has 0 radical (unpaired) electrons. The lowest BCUT2D eigenvalue weighted by Gasteiger charge is -2.32.